The summed E-state index contributed by atoms with van der Waals surface area (Å²) in [7, 11) is 0. The van der Waals surface area contributed by atoms with E-state index in [9.17, 15) is 9.18 Å². The zero-order chi connectivity index (χ0) is 14.0. The molecule has 0 atom stereocenters. The second-order valence-corrected chi connectivity index (χ2v) is 4.40. The number of rotatable bonds is 2. The minimum Gasteiger partial charge on any atom is -0.481 e. The maximum absolute atomic E-state index is 13.8. The van der Waals surface area contributed by atoms with Crippen molar-refractivity contribution in [2.45, 2.75) is 6.92 Å². The molecule has 0 N–H and O–H groups in total. The van der Waals surface area contributed by atoms with Gasteiger partial charge in [-0.05, 0) is 13.0 Å². The molecule has 0 bridgehead atoms. The van der Waals surface area contributed by atoms with Crippen molar-refractivity contribution < 1.29 is 13.9 Å². The van der Waals surface area contributed by atoms with Crippen LogP contribution in [0, 0.1) is 18.2 Å². The lowest BCUT2D eigenvalue weighted by Crippen LogP contribution is -2.39. The van der Waals surface area contributed by atoms with Gasteiger partial charge in [-0.1, -0.05) is 17.5 Å². The van der Waals surface area contributed by atoms with Gasteiger partial charge in [-0.3, -0.25) is 9.69 Å². The van der Waals surface area contributed by atoms with Gasteiger partial charge in [0.05, 0.1) is 12.2 Å². The minimum atomic E-state index is -0.575. The average Bonchev–Trinajstić information content (AvgIpc) is 2.34. The number of carbonyl (C=O) groups is 1. The van der Waals surface area contributed by atoms with Crippen LogP contribution < -0.4 is 9.64 Å². The van der Waals surface area contributed by atoms with E-state index in [2.05, 4.69) is 10.9 Å². The number of aliphatic imine (C=N–C) groups is 1. The maximum atomic E-state index is 13.8. The number of hydrogen-bond acceptors (Lipinski definition) is 3. The Kier molecular flexibility index (Phi) is 3.72. The molecule has 1 aliphatic heterocycles. The SMILES string of the molecule is C#CCN1C(=O)COc2cc(F)c(N=C(C)Cl)cc21. The Morgan fingerprint density at radius 3 is 3.05 bits per heavy atom. The monoisotopic (exact) mass is 280 g/mol. The third-order valence-electron chi connectivity index (χ3n) is 2.50. The molecule has 19 heavy (non-hydrogen) atoms. The predicted molar refractivity (Wildman–Crippen MR) is 71.7 cm³/mol. The second kappa shape index (κ2) is 5.29. The molecule has 4 nitrogen and oxygen atoms in total. The van der Waals surface area contributed by atoms with Gasteiger partial charge in [-0.15, -0.1) is 6.42 Å². The first-order valence-corrected chi connectivity index (χ1v) is 5.81. The summed E-state index contributed by atoms with van der Waals surface area (Å²) in [5.74, 6) is 1.78. The van der Waals surface area contributed by atoms with Gasteiger partial charge in [0.25, 0.3) is 5.91 Å². The minimum absolute atomic E-state index is 0.0339. The van der Waals surface area contributed by atoms with Crippen molar-refractivity contribution in [1.29, 1.82) is 0 Å². The fraction of sp³-hybridized carbons (Fsp3) is 0.231. The molecule has 98 valence electrons. The number of terminal acetylenes is 1. The van der Waals surface area contributed by atoms with Crippen molar-refractivity contribution >= 4 is 34.1 Å². The molecule has 1 aliphatic rings. The van der Waals surface area contributed by atoms with Crippen LogP contribution in [0.15, 0.2) is 17.1 Å². The zero-order valence-corrected chi connectivity index (χ0v) is 10.9. The van der Waals surface area contributed by atoms with E-state index in [1.807, 2.05) is 0 Å². The van der Waals surface area contributed by atoms with Crippen molar-refractivity contribution in [2.24, 2.45) is 4.99 Å². The number of hydrogen-bond donors (Lipinski definition) is 0. The molecule has 1 aromatic carbocycles. The van der Waals surface area contributed by atoms with Gasteiger partial charge >= 0.3 is 0 Å². The molecular weight excluding hydrogens is 271 g/mol. The average molecular weight is 281 g/mol. The molecule has 2 rings (SSSR count). The molecule has 6 heteroatoms. The molecule has 0 radical (unpaired) electrons. The summed E-state index contributed by atoms with van der Waals surface area (Å²) >= 11 is 5.63. The molecule has 0 aromatic heterocycles. The largest absolute Gasteiger partial charge is 0.481 e. The van der Waals surface area contributed by atoms with Crippen molar-refractivity contribution in [3.05, 3.63) is 17.9 Å². The van der Waals surface area contributed by atoms with Crippen LogP contribution in [0.2, 0.25) is 0 Å². The van der Waals surface area contributed by atoms with E-state index in [4.69, 9.17) is 22.8 Å². The Hall–Kier alpha value is -2.06. The number of fused-ring (bicyclic) bond motifs is 1. The molecule has 0 aliphatic carbocycles. The van der Waals surface area contributed by atoms with Crippen molar-refractivity contribution in [3.63, 3.8) is 0 Å². The number of anilines is 1. The Morgan fingerprint density at radius 1 is 1.68 bits per heavy atom. The first-order valence-electron chi connectivity index (χ1n) is 5.44. The van der Waals surface area contributed by atoms with Gasteiger partial charge in [0.2, 0.25) is 0 Å². The van der Waals surface area contributed by atoms with Gasteiger partial charge in [-0.25, -0.2) is 9.38 Å². The van der Waals surface area contributed by atoms with Crippen LogP contribution in [0.4, 0.5) is 15.8 Å². The van der Waals surface area contributed by atoms with E-state index in [1.165, 1.54) is 24.0 Å². The molecule has 0 unspecified atom stereocenters. The van der Waals surface area contributed by atoms with E-state index in [0.717, 1.165) is 0 Å². The van der Waals surface area contributed by atoms with Crippen LogP contribution in [-0.4, -0.2) is 24.2 Å². The van der Waals surface area contributed by atoms with Crippen molar-refractivity contribution in [3.8, 4) is 18.1 Å². The van der Waals surface area contributed by atoms with Crippen LogP contribution in [0.1, 0.15) is 6.92 Å². The van der Waals surface area contributed by atoms with Gasteiger partial charge < -0.3 is 4.74 Å². The Labute approximate surface area is 114 Å². The van der Waals surface area contributed by atoms with Crippen LogP contribution in [0.25, 0.3) is 0 Å². The van der Waals surface area contributed by atoms with Crippen LogP contribution in [0.5, 0.6) is 5.75 Å². The van der Waals surface area contributed by atoms with E-state index in [1.54, 1.807) is 0 Å². The quantitative estimate of drug-likeness (QED) is 0.617. The Morgan fingerprint density at radius 2 is 2.42 bits per heavy atom. The van der Waals surface area contributed by atoms with Crippen LogP contribution in [0.3, 0.4) is 0 Å². The second-order valence-electron chi connectivity index (χ2n) is 3.85. The number of benzene rings is 1. The first kappa shape index (κ1) is 13.4. The summed E-state index contributed by atoms with van der Waals surface area (Å²) in [5.41, 5.74) is 0.429. The standard InChI is InChI=1S/C13H10ClFN2O2/c1-3-4-17-11-6-10(16-8(2)14)9(15)5-12(11)19-7-13(17)18/h1,5-6H,4,7H2,2H3. The number of carbonyl (C=O) groups excluding carboxylic acids is 1. The molecule has 1 heterocycles. The Balaban J connectivity index is 2.54. The topological polar surface area (TPSA) is 41.9 Å². The highest BCUT2D eigenvalue weighted by Crippen LogP contribution is 2.37. The number of halogens is 2. The van der Waals surface area contributed by atoms with Gasteiger partial charge in [0, 0.05) is 6.07 Å². The molecule has 1 aromatic rings. The van der Waals surface area contributed by atoms with Crippen molar-refractivity contribution in [1.82, 2.24) is 0 Å². The lowest BCUT2D eigenvalue weighted by molar-refractivity contribution is -0.121. The summed E-state index contributed by atoms with van der Waals surface area (Å²) in [5, 5.41) is 0.186. The fourth-order valence-electron chi connectivity index (χ4n) is 1.73. The lowest BCUT2D eigenvalue weighted by atomic mass is 10.2. The van der Waals surface area contributed by atoms with Crippen LogP contribution >= 0.6 is 11.6 Å². The third kappa shape index (κ3) is 2.69. The van der Waals surface area contributed by atoms with E-state index < -0.39 is 5.82 Å². The van der Waals surface area contributed by atoms with E-state index in [0.29, 0.717) is 5.69 Å². The summed E-state index contributed by atoms with van der Waals surface area (Å²) in [6.45, 7) is 1.45. The molecule has 0 saturated heterocycles. The highest BCUT2D eigenvalue weighted by molar-refractivity contribution is 6.65. The molecular formula is C13H10ClFN2O2. The third-order valence-corrected chi connectivity index (χ3v) is 2.58. The van der Waals surface area contributed by atoms with Crippen molar-refractivity contribution in [2.75, 3.05) is 18.1 Å². The summed E-state index contributed by atoms with van der Waals surface area (Å²) in [6, 6.07) is 2.56. The van der Waals surface area contributed by atoms with Gasteiger partial charge in [-0.2, -0.15) is 0 Å². The summed E-state index contributed by atoms with van der Waals surface area (Å²) < 4.78 is 18.9. The first-order chi connectivity index (χ1) is 9.02. The number of ether oxygens (including phenoxy) is 1. The number of nitrogens with zero attached hydrogens (tertiary/aromatic N) is 2. The summed E-state index contributed by atoms with van der Waals surface area (Å²) in [6.07, 6.45) is 5.22. The fourth-order valence-corrected chi connectivity index (χ4v) is 1.82. The highest BCUT2D eigenvalue weighted by atomic mass is 35.5. The zero-order valence-electron chi connectivity index (χ0n) is 10.1. The summed E-state index contributed by atoms with van der Waals surface area (Å²) in [4.78, 5) is 16.9. The molecule has 0 saturated carbocycles. The normalized spacial score (nSPS) is 14.7. The van der Waals surface area contributed by atoms with Gasteiger partial charge in [0.1, 0.15) is 16.6 Å². The maximum Gasteiger partial charge on any atom is 0.265 e. The molecule has 1 amide bonds. The highest BCUT2D eigenvalue weighted by Gasteiger charge is 2.26. The number of amides is 1. The predicted octanol–water partition coefficient (Wildman–Crippen LogP) is 2.47. The van der Waals surface area contributed by atoms with E-state index in [-0.39, 0.29) is 35.7 Å². The molecule has 0 spiro atoms. The van der Waals surface area contributed by atoms with Crippen LogP contribution in [-0.2, 0) is 4.79 Å². The smallest absolute Gasteiger partial charge is 0.265 e. The Bertz CT molecular complexity index is 603. The lowest BCUT2D eigenvalue weighted by Gasteiger charge is -2.28. The van der Waals surface area contributed by atoms with Gasteiger partial charge in [0.15, 0.2) is 12.4 Å². The van der Waals surface area contributed by atoms with E-state index >= 15 is 0 Å². The molecule has 0 fully saturated rings.